The smallest absolute Gasteiger partial charge is 0.255 e. The Kier molecular flexibility index (Phi) is 6.58. The number of rotatable bonds is 8. The van der Waals surface area contributed by atoms with E-state index in [0.717, 1.165) is 16.7 Å². The summed E-state index contributed by atoms with van der Waals surface area (Å²) >= 11 is 0. The molecule has 0 saturated heterocycles. The number of amides is 2. The summed E-state index contributed by atoms with van der Waals surface area (Å²) in [5, 5.41) is 2.86. The maximum absolute atomic E-state index is 13.2. The largest absolute Gasteiger partial charge is 0.493 e. The van der Waals surface area contributed by atoms with E-state index < -0.39 is 6.04 Å². The Morgan fingerprint density at radius 1 is 1.15 bits per heavy atom. The number of ether oxygens (including phenoxy) is 2. The molecule has 0 aliphatic carbocycles. The Hall–Kier alpha value is -3.87. The number of carbonyl (C=O) groups is 2. The summed E-state index contributed by atoms with van der Waals surface area (Å²) in [6, 6.07) is 16.3. The van der Waals surface area contributed by atoms with Crippen molar-refractivity contribution in [1.29, 1.82) is 0 Å². The molecular formula is C26H27N3O4. The van der Waals surface area contributed by atoms with Gasteiger partial charge in [0.1, 0.15) is 5.82 Å². The zero-order chi connectivity index (χ0) is 23.4. The first-order valence-corrected chi connectivity index (χ1v) is 10.9. The van der Waals surface area contributed by atoms with Gasteiger partial charge >= 0.3 is 0 Å². The van der Waals surface area contributed by atoms with Gasteiger partial charge in [-0.3, -0.25) is 9.59 Å². The molecule has 1 atom stereocenters. The maximum Gasteiger partial charge on any atom is 0.255 e. The minimum Gasteiger partial charge on any atom is -0.493 e. The minimum absolute atomic E-state index is 0.0759. The number of pyridine rings is 1. The lowest BCUT2D eigenvalue weighted by Gasteiger charge is -2.28. The van der Waals surface area contributed by atoms with Gasteiger partial charge < -0.3 is 19.7 Å². The lowest BCUT2D eigenvalue weighted by atomic mass is 10.0. The van der Waals surface area contributed by atoms with E-state index in [0.29, 0.717) is 36.0 Å². The van der Waals surface area contributed by atoms with Gasteiger partial charge in [-0.15, -0.1) is 0 Å². The number of hydrogen-bond donors (Lipinski definition) is 1. The number of nitrogens with one attached hydrogen (secondary N) is 1. The molecule has 170 valence electrons. The predicted molar refractivity (Wildman–Crippen MR) is 125 cm³/mol. The van der Waals surface area contributed by atoms with Crippen LogP contribution < -0.4 is 14.8 Å². The van der Waals surface area contributed by atoms with E-state index in [1.165, 1.54) is 0 Å². The first kappa shape index (κ1) is 22.3. The van der Waals surface area contributed by atoms with E-state index >= 15 is 0 Å². The second-order valence-corrected chi connectivity index (χ2v) is 7.92. The topological polar surface area (TPSA) is 80.8 Å². The second kappa shape index (κ2) is 9.73. The van der Waals surface area contributed by atoms with E-state index in [1.807, 2.05) is 68.4 Å². The van der Waals surface area contributed by atoms with E-state index in [9.17, 15) is 9.59 Å². The molecule has 3 aromatic rings. The first-order valence-electron chi connectivity index (χ1n) is 10.9. The van der Waals surface area contributed by atoms with Gasteiger partial charge in [-0.1, -0.05) is 24.3 Å². The lowest BCUT2D eigenvalue weighted by molar-refractivity contribution is -0.117. The third kappa shape index (κ3) is 4.82. The number of nitrogens with zero attached hydrogens (tertiary/aromatic N) is 2. The highest BCUT2D eigenvalue weighted by atomic mass is 16.5. The Morgan fingerprint density at radius 2 is 1.97 bits per heavy atom. The average molecular weight is 446 g/mol. The Labute approximate surface area is 193 Å². The highest BCUT2D eigenvalue weighted by molar-refractivity contribution is 5.99. The van der Waals surface area contributed by atoms with Crippen LogP contribution in [0, 0.1) is 6.92 Å². The van der Waals surface area contributed by atoms with Crippen LogP contribution in [-0.4, -0.2) is 35.4 Å². The van der Waals surface area contributed by atoms with Crippen LogP contribution in [0.15, 0.2) is 60.8 Å². The van der Waals surface area contributed by atoms with Gasteiger partial charge in [0.2, 0.25) is 5.91 Å². The number of fused-ring (bicyclic) bond motifs is 1. The summed E-state index contributed by atoms with van der Waals surface area (Å²) in [6.07, 6.45) is 1.73. The van der Waals surface area contributed by atoms with Crippen molar-refractivity contribution in [2.45, 2.75) is 32.9 Å². The van der Waals surface area contributed by atoms with Gasteiger partial charge in [0.15, 0.2) is 11.5 Å². The molecule has 2 heterocycles. The fourth-order valence-electron chi connectivity index (χ4n) is 4.08. The summed E-state index contributed by atoms with van der Waals surface area (Å²) in [5.74, 6) is 1.34. The van der Waals surface area contributed by atoms with E-state index in [1.54, 1.807) is 18.2 Å². The van der Waals surface area contributed by atoms with Crippen molar-refractivity contribution >= 4 is 17.6 Å². The molecule has 0 fully saturated rings. The monoisotopic (exact) mass is 445 g/mol. The summed E-state index contributed by atoms with van der Waals surface area (Å²) in [7, 11) is 1.57. The van der Waals surface area contributed by atoms with Crippen LogP contribution >= 0.6 is 0 Å². The third-order valence-corrected chi connectivity index (χ3v) is 5.66. The molecule has 0 spiro atoms. The summed E-state index contributed by atoms with van der Waals surface area (Å²) in [6.45, 7) is 4.78. The highest BCUT2D eigenvalue weighted by Gasteiger charge is 2.35. The highest BCUT2D eigenvalue weighted by Crippen LogP contribution is 2.37. The van der Waals surface area contributed by atoms with Gasteiger partial charge in [0.05, 0.1) is 26.2 Å². The van der Waals surface area contributed by atoms with Gasteiger partial charge in [-0.05, 0) is 60.9 Å². The number of hydrogen-bond acceptors (Lipinski definition) is 5. The van der Waals surface area contributed by atoms with Crippen LogP contribution in [0.3, 0.4) is 0 Å². The lowest BCUT2D eigenvalue weighted by Crippen LogP contribution is -2.32. The van der Waals surface area contributed by atoms with Crippen LogP contribution in [0.25, 0.3) is 0 Å². The number of carbonyl (C=O) groups excluding carboxylic acids is 2. The van der Waals surface area contributed by atoms with Crippen molar-refractivity contribution in [1.82, 2.24) is 9.88 Å². The standard InChI is InChI=1S/C26H27N3O4/c1-4-33-22-10-9-18(14-23(22)32-3)21(15-25(30)28-24-13-17(2)11-12-27-24)29-16-19-7-5-6-8-20(19)26(29)31/h5-14,21H,4,15-16H2,1-3H3,(H,27,28,30). The Balaban J connectivity index is 1.65. The molecule has 2 amide bonds. The van der Waals surface area contributed by atoms with Crippen molar-refractivity contribution in [3.8, 4) is 11.5 Å². The molecule has 0 radical (unpaired) electrons. The normalized spacial score (nSPS) is 13.4. The average Bonchev–Trinajstić information content (AvgIpc) is 3.14. The fourth-order valence-corrected chi connectivity index (χ4v) is 4.08. The molecule has 0 bridgehead atoms. The number of methoxy groups -OCH3 is 1. The fraction of sp³-hybridized carbons (Fsp3) is 0.269. The van der Waals surface area contributed by atoms with Crippen molar-refractivity contribution in [3.63, 3.8) is 0 Å². The molecule has 33 heavy (non-hydrogen) atoms. The Morgan fingerprint density at radius 3 is 2.70 bits per heavy atom. The van der Waals surface area contributed by atoms with Gasteiger partial charge in [-0.2, -0.15) is 0 Å². The number of aryl methyl sites for hydroxylation is 1. The molecule has 1 unspecified atom stereocenters. The summed E-state index contributed by atoms with van der Waals surface area (Å²) < 4.78 is 11.2. The van der Waals surface area contributed by atoms with Crippen LogP contribution in [0.4, 0.5) is 5.82 Å². The molecule has 1 aromatic heterocycles. The zero-order valence-corrected chi connectivity index (χ0v) is 19.0. The van der Waals surface area contributed by atoms with Crippen molar-refractivity contribution in [3.05, 3.63) is 83.0 Å². The Bertz CT molecular complexity index is 1180. The van der Waals surface area contributed by atoms with Crippen molar-refractivity contribution in [2.75, 3.05) is 19.0 Å². The van der Waals surface area contributed by atoms with Crippen LogP contribution in [-0.2, 0) is 11.3 Å². The maximum atomic E-state index is 13.2. The molecule has 4 rings (SSSR count). The molecule has 0 saturated carbocycles. The van der Waals surface area contributed by atoms with Crippen molar-refractivity contribution < 1.29 is 19.1 Å². The molecule has 7 nitrogen and oxygen atoms in total. The van der Waals surface area contributed by atoms with E-state index in [4.69, 9.17) is 9.47 Å². The molecule has 2 aromatic carbocycles. The predicted octanol–water partition coefficient (Wildman–Crippen LogP) is 4.52. The van der Waals surface area contributed by atoms with Crippen LogP contribution in [0.1, 0.15) is 46.4 Å². The van der Waals surface area contributed by atoms with Crippen LogP contribution in [0.5, 0.6) is 11.5 Å². The van der Waals surface area contributed by atoms with Gasteiger partial charge in [-0.25, -0.2) is 4.98 Å². The third-order valence-electron chi connectivity index (χ3n) is 5.66. The number of anilines is 1. The molecule has 1 aliphatic heterocycles. The van der Waals surface area contributed by atoms with Gasteiger partial charge in [0.25, 0.3) is 5.91 Å². The van der Waals surface area contributed by atoms with E-state index in [-0.39, 0.29) is 18.2 Å². The molecular weight excluding hydrogens is 418 g/mol. The summed E-state index contributed by atoms with van der Waals surface area (Å²) in [5.41, 5.74) is 3.41. The second-order valence-electron chi connectivity index (χ2n) is 7.92. The molecule has 1 aliphatic rings. The number of benzene rings is 2. The SMILES string of the molecule is CCOc1ccc(C(CC(=O)Nc2cc(C)ccn2)N2Cc3ccccc3C2=O)cc1OC. The molecule has 7 heteroatoms. The zero-order valence-electron chi connectivity index (χ0n) is 19.0. The summed E-state index contributed by atoms with van der Waals surface area (Å²) in [4.78, 5) is 32.2. The van der Waals surface area contributed by atoms with Gasteiger partial charge in [0, 0.05) is 18.3 Å². The van der Waals surface area contributed by atoms with Crippen molar-refractivity contribution in [2.24, 2.45) is 0 Å². The minimum atomic E-state index is -0.487. The number of aromatic nitrogens is 1. The first-order chi connectivity index (χ1) is 16.0. The quantitative estimate of drug-likeness (QED) is 0.551. The van der Waals surface area contributed by atoms with E-state index in [2.05, 4.69) is 10.3 Å². The van der Waals surface area contributed by atoms with Crippen LogP contribution in [0.2, 0.25) is 0 Å². The molecule has 1 N–H and O–H groups in total.